The van der Waals surface area contributed by atoms with E-state index in [9.17, 15) is 13.2 Å². The summed E-state index contributed by atoms with van der Waals surface area (Å²) in [5.74, 6) is 0.614. The van der Waals surface area contributed by atoms with Crippen LogP contribution in [0.2, 0.25) is 0 Å². The Morgan fingerprint density at radius 1 is 1.13 bits per heavy atom. The first-order valence-electron chi connectivity index (χ1n) is 6.48. The van der Waals surface area contributed by atoms with Crippen LogP contribution < -0.4 is 14.2 Å². The van der Waals surface area contributed by atoms with Crippen molar-refractivity contribution in [2.24, 2.45) is 0 Å². The molecule has 0 saturated carbocycles. The van der Waals surface area contributed by atoms with Crippen molar-refractivity contribution in [1.29, 1.82) is 0 Å². The number of ether oxygens (including phenoxy) is 3. The highest BCUT2D eigenvalue weighted by molar-refractivity contribution is 9.10. The zero-order chi connectivity index (χ0) is 16.9. The lowest BCUT2D eigenvalue weighted by atomic mass is 10.2. The number of halogens is 4. The molecular formula is C15H13BrF3NO3. The third kappa shape index (κ3) is 5.63. The molecule has 0 amide bonds. The molecule has 1 heterocycles. The summed E-state index contributed by atoms with van der Waals surface area (Å²) >= 11 is 3.14. The topological polar surface area (TPSA) is 40.6 Å². The number of pyridine rings is 1. The van der Waals surface area contributed by atoms with Gasteiger partial charge in [0.15, 0.2) is 12.4 Å². The summed E-state index contributed by atoms with van der Waals surface area (Å²) in [5, 5.41) is 0. The molecule has 124 valence electrons. The van der Waals surface area contributed by atoms with Crippen LogP contribution in [0.1, 0.15) is 5.56 Å². The molecule has 8 heteroatoms. The number of hydrogen-bond acceptors (Lipinski definition) is 4. The van der Waals surface area contributed by atoms with Gasteiger partial charge in [-0.25, -0.2) is 4.98 Å². The largest absolute Gasteiger partial charge is 0.497 e. The Morgan fingerprint density at radius 2 is 1.83 bits per heavy atom. The fraction of sp³-hybridized carbons (Fsp3) is 0.267. The van der Waals surface area contributed by atoms with Crippen molar-refractivity contribution in [3.63, 3.8) is 0 Å². The molecule has 0 atom stereocenters. The second kappa shape index (κ2) is 7.54. The fourth-order valence-electron chi connectivity index (χ4n) is 1.65. The molecule has 0 saturated heterocycles. The van der Waals surface area contributed by atoms with Gasteiger partial charge in [0.25, 0.3) is 5.88 Å². The normalized spacial score (nSPS) is 11.2. The Morgan fingerprint density at radius 3 is 2.43 bits per heavy atom. The lowest BCUT2D eigenvalue weighted by Gasteiger charge is -2.13. The highest BCUT2D eigenvalue weighted by Gasteiger charge is 2.29. The standard InChI is InChI=1S/C15H13BrF3NO3/c1-21-12-4-2-10(3-5-12)8-22-14-13(6-11(16)7-20-14)23-9-15(17,18)19/h2-7H,8-9H2,1H3. The number of benzene rings is 1. The van der Waals surface area contributed by atoms with E-state index in [1.165, 1.54) is 12.3 Å². The Hall–Kier alpha value is -1.96. The molecule has 0 bridgehead atoms. The SMILES string of the molecule is COc1ccc(COc2ncc(Br)cc2OCC(F)(F)F)cc1. The number of hydrogen-bond donors (Lipinski definition) is 0. The maximum Gasteiger partial charge on any atom is 0.422 e. The molecule has 0 aliphatic carbocycles. The minimum Gasteiger partial charge on any atom is -0.497 e. The molecule has 0 aliphatic rings. The Balaban J connectivity index is 2.06. The summed E-state index contributed by atoms with van der Waals surface area (Å²) in [6.07, 6.45) is -3.01. The van der Waals surface area contributed by atoms with Crippen LogP contribution in [0, 0.1) is 0 Å². The van der Waals surface area contributed by atoms with Crippen molar-refractivity contribution in [1.82, 2.24) is 4.98 Å². The third-order valence-corrected chi connectivity index (χ3v) is 3.14. The molecule has 1 aromatic heterocycles. The predicted octanol–water partition coefficient (Wildman–Crippen LogP) is 4.37. The minimum absolute atomic E-state index is 0.00623. The first-order valence-corrected chi connectivity index (χ1v) is 7.27. The maximum absolute atomic E-state index is 12.3. The average molecular weight is 392 g/mol. The van der Waals surface area contributed by atoms with E-state index in [4.69, 9.17) is 14.2 Å². The lowest BCUT2D eigenvalue weighted by molar-refractivity contribution is -0.153. The highest BCUT2D eigenvalue weighted by Crippen LogP contribution is 2.30. The van der Waals surface area contributed by atoms with E-state index in [0.29, 0.717) is 10.2 Å². The summed E-state index contributed by atoms with van der Waals surface area (Å²) in [6.45, 7) is -1.27. The Bertz CT molecular complexity index is 647. The third-order valence-electron chi connectivity index (χ3n) is 2.71. The summed E-state index contributed by atoms with van der Waals surface area (Å²) in [6, 6.07) is 8.47. The second-order valence-electron chi connectivity index (χ2n) is 4.50. The van der Waals surface area contributed by atoms with Gasteiger partial charge in [0.2, 0.25) is 0 Å². The van der Waals surface area contributed by atoms with E-state index in [0.717, 1.165) is 5.56 Å². The van der Waals surface area contributed by atoms with Gasteiger partial charge in [-0.05, 0) is 33.6 Å². The van der Waals surface area contributed by atoms with Crippen molar-refractivity contribution in [3.05, 3.63) is 46.6 Å². The predicted molar refractivity (Wildman–Crippen MR) is 80.8 cm³/mol. The van der Waals surface area contributed by atoms with Crippen LogP contribution in [0.3, 0.4) is 0 Å². The number of rotatable bonds is 6. The van der Waals surface area contributed by atoms with E-state index in [2.05, 4.69) is 20.9 Å². The summed E-state index contributed by atoms with van der Waals surface area (Å²) in [5.41, 5.74) is 0.817. The molecule has 0 N–H and O–H groups in total. The molecule has 2 rings (SSSR count). The van der Waals surface area contributed by atoms with E-state index in [-0.39, 0.29) is 18.2 Å². The van der Waals surface area contributed by atoms with Crippen LogP contribution >= 0.6 is 15.9 Å². The molecule has 0 spiro atoms. The summed E-state index contributed by atoms with van der Waals surface area (Å²) < 4.78 is 52.6. The minimum atomic E-state index is -4.43. The average Bonchev–Trinajstić information content (AvgIpc) is 2.52. The number of alkyl halides is 3. The van der Waals surface area contributed by atoms with Crippen molar-refractivity contribution in [3.8, 4) is 17.4 Å². The van der Waals surface area contributed by atoms with Gasteiger partial charge in [0.1, 0.15) is 12.4 Å². The monoisotopic (exact) mass is 391 g/mol. The van der Waals surface area contributed by atoms with Crippen molar-refractivity contribution >= 4 is 15.9 Å². The van der Waals surface area contributed by atoms with Gasteiger partial charge in [0.05, 0.1) is 7.11 Å². The van der Waals surface area contributed by atoms with Crippen LogP contribution in [0.15, 0.2) is 41.0 Å². The number of methoxy groups -OCH3 is 1. The van der Waals surface area contributed by atoms with Crippen LogP contribution in [0.25, 0.3) is 0 Å². The Labute approximate surface area is 139 Å². The lowest BCUT2D eigenvalue weighted by Crippen LogP contribution is -2.19. The first kappa shape index (κ1) is 17.4. The van der Waals surface area contributed by atoms with E-state index in [1.54, 1.807) is 31.4 Å². The molecule has 0 unspecified atom stereocenters. The molecule has 0 fully saturated rings. The molecule has 0 aliphatic heterocycles. The van der Waals surface area contributed by atoms with Crippen molar-refractivity contribution in [2.45, 2.75) is 12.8 Å². The summed E-state index contributed by atoms with van der Waals surface area (Å²) in [4.78, 5) is 3.94. The van der Waals surface area contributed by atoms with Crippen LogP contribution in [0.4, 0.5) is 13.2 Å². The maximum atomic E-state index is 12.3. The van der Waals surface area contributed by atoms with E-state index < -0.39 is 12.8 Å². The highest BCUT2D eigenvalue weighted by atomic mass is 79.9. The van der Waals surface area contributed by atoms with Crippen molar-refractivity contribution < 1.29 is 27.4 Å². The van der Waals surface area contributed by atoms with Gasteiger partial charge in [-0.15, -0.1) is 0 Å². The smallest absolute Gasteiger partial charge is 0.422 e. The zero-order valence-electron chi connectivity index (χ0n) is 12.1. The number of nitrogens with zero attached hydrogens (tertiary/aromatic N) is 1. The van der Waals surface area contributed by atoms with E-state index >= 15 is 0 Å². The molecule has 2 aromatic rings. The van der Waals surface area contributed by atoms with Gasteiger partial charge in [0, 0.05) is 16.7 Å². The van der Waals surface area contributed by atoms with Gasteiger partial charge >= 0.3 is 6.18 Å². The summed E-state index contributed by atoms with van der Waals surface area (Å²) in [7, 11) is 1.56. The second-order valence-corrected chi connectivity index (χ2v) is 5.41. The quantitative estimate of drug-likeness (QED) is 0.732. The molecular weight excluding hydrogens is 379 g/mol. The molecule has 1 aromatic carbocycles. The van der Waals surface area contributed by atoms with Crippen LogP contribution in [-0.4, -0.2) is 24.9 Å². The van der Waals surface area contributed by atoms with Gasteiger partial charge in [-0.3, -0.25) is 0 Å². The molecule has 0 radical (unpaired) electrons. The fourth-order valence-corrected chi connectivity index (χ4v) is 1.96. The van der Waals surface area contributed by atoms with Crippen LogP contribution in [-0.2, 0) is 6.61 Å². The Kier molecular flexibility index (Phi) is 5.70. The van der Waals surface area contributed by atoms with Gasteiger partial charge in [-0.2, -0.15) is 13.2 Å². The first-order chi connectivity index (χ1) is 10.9. The molecule has 23 heavy (non-hydrogen) atoms. The van der Waals surface area contributed by atoms with Crippen molar-refractivity contribution in [2.75, 3.05) is 13.7 Å². The van der Waals surface area contributed by atoms with Gasteiger partial charge < -0.3 is 14.2 Å². The molecule has 4 nitrogen and oxygen atoms in total. The van der Waals surface area contributed by atoms with E-state index in [1.807, 2.05) is 0 Å². The zero-order valence-corrected chi connectivity index (χ0v) is 13.6. The van der Waals surface area contributed by atoms with Gasteiger partial charge in [-0.1, -0.05) is 12.1 Å². The number of aromatic nitrogens is 1. The van der Waals surface area contributed by atoms with Crippen LogP contribution in [0.5, 0.6) is 17.4 Å².